The van der Waals surface area contributed by atoms with E-state index in [0.717, 1.165) is 6.42 Å². The Morgan fingerprint density at radius 2 is 1.91 bits per heavy atom. The quantitative estimate of drug-likeness (QED) is 0.816. The molecule has 0 bridgehead atoms. The van der Waals surface area contributed by atoms with E-state index in [1.807, 2.05) is 20.8 Å². The van der Waals surface area contributed by atoms with Crippen LogP contribution in [-0.4, -0.2) is 38.8 Å². The van der Waals surface area contributed by atoms with Crippen molar-refractivity contribution in [2.24, 2.45) is 16.7 Å². The monoisotopic (exact) mass is 311 g/mol. The van der Waals surface area contributed by atoms with Gasteiger partial charge in [-0.3, -0.25) is 4.79 Å². The lowest BCUT2D eigenvalue weighted by molar-refractivity contribution is -0.157. The van der Waals surface area contributed by atoms with E-state index in [4.69, 9.17) is 4.74 Å². The summed E-state index contributed by atoms with van der Waals surface area (Å²) < 4.78 is 6.85. The molecule has 0 amide bonds. The van der Waals surface area contributed by atoms with Gasteiger partial charge in [0.05, 0.1) is 18.7 Å². The van der Waals surface area contributed by atoms with Crippen LogP contribution in [0.25, 0.3) is 0 Å². The third-order valence-corrected chi connectivity index (χ3v) is 3.43. The third kappa shape index (κ3) is 6.56. The molecular weight excluding hydrogens is 282 g/mol. The lowest BCUT2D eigenvalue weighted by Crippen LogP contribution is -2.35. The van der Waals surface area contributed by atoms with Gasteiger partial charge in [-0.15, -0.1) is 5.10 Å². The SMILES string of the molecule is CC(C)(C)CC(C(=O)OCC(O)Cn1ccnn1)C(C)(C)C. The topological polar surface area (TPSA) is 77.2 Å². The molecule has 1 rings (SSSR count). The van der Waals surface area contributed by atoms with Crippen LogP contribution in [-0.2, 0) is 16.1 Å². The van der Waals surface area contributed by atoms with Crippen LogP contribution in [0.5, 0.6) is 0 Å². The fraction of sp³-hybridized carbons (Fsp3) is 0.812. The molecule has 0 fully saturated rings. The highest BCUT2D eigenvalue weighted by Gasteiger charge is 2.36. The van der Waals surface area contributed by atoms with Crippen molar-refractivity contribution in [3.63, 3.8) is 0 Å². The van der Waals surface area contributed by atoms with Gasteiger partial charge in [0.25, 0.3) is 0 Å². The van der Waals surface area contributed by atoms with E-state index in [0.29, 0.717) is 0 Å². The van der Waals surface area contributed by atoms with Crippen LogP contribution < -0.4 is 0 Å². The molecule has 0 radical (unpaired) electrons. The number of aliphatic hydroxyl groups is 1. The van der Waals surface area contributed by atoms with Gasteiger partial charge in [-0.1, -0.05) is 46.8 Å². The van der Waals surface area contributed by atoms with Crippen LogP contribution in [0.4, 0.5) is 0 Å². The molecule has 1 heterocycles. The Labute approximate surface area is 132 Å². The van der Waals surface area contributed by atoms with Crippen LogP contribution in [0.2, 0.25) is 0 Å². The van der Waals surface area contributed by atoms with Gasteiger partial charge in [0.1, 0.15) is 12.7 Å². The van der Waals surface area contributed by atoms with Crippen LogP contribution in [0.3, 0.4) is 0 Å². The zero-order valence-electron chi connectivity index (χ0n) is 14.5. The minimum absolute atomic E-state index is 0.0323. The van der Waals surface area contributed by atoms with Crippen molar-refractivity contribution in [2.75, 3.05) is 6.61 Å². The molecule has 0 aromatic carbocycles. The summed E-state index contributed by atoms with van der Waals surface area (Å²) >= 11 is 0. The summed E-state index contributed by atoms with van der Waals surface area (Å²) in [5.74, 6) is -0.453. The second-order valence-electron chi connectivity index (χ2n) is 8.09. The molecule has 6 nitrogen and oxygen atoms in total. The van der Waals surface area contributed by atoms with Gasteiger partial charge in [0.15, 0.2) is 0 Å². The van der Waals surface area contributed by atoms with Gasteiger partial charge in [-0.2, -0.15) is 0 Å². The minimum Gasteiger partial charge on any atom is -0.463 e. The number of hydrogen-bond donors (Lipinski definition) is 1. The van der Waals surface area contributed by atoms with Crippen molar-refractivity contribution in [3.8, 4) is 0 Å². The average Bonchev–Trinajstić information content (AvgIpc) is 2.83. The zero-order chi connectivity index (χ0) is 17.0. The summed E-state index contributed by atoms with van der Waals surface area (Å²) in [7, 11) is 0. The normalized spacial score (nSPS) is 15.4. The molecule has 0 aliphatic heterocycles. The summed E-state index contributed by atoms with van der Waals surface area (Å²) in [6.07, 6.45) is 3.15. The molecule has 0 aliphatic carbocycles. The molecule has 1 aromatic heterocycles. The van der Waals surface area contributed by atoms with Gasteiger partial charge in [-0.25, -0.2) is 4.68 Å². The lowest BCUT2D eigenvalue weighted by Gasteiger charge is -2.34. The van der Waals surface area contributed by atoms with Gasteiger partial charge < -0.3 is 9.84 Å². The van der Waals surface area contributed by atoms with Crippen molar-refractivity contribution in [1.82, 2.24) is 15.0 Å². The van der Waals surface area contributed by atoms with E-state index in [-0.39, 0.29) is 35.9 Å². The van der Waals surface area contributed by atoms with Crippen LogP contribution >= 0.6 is 0 Å². The van der Waals surface area contributed by atoms with E-state index >= 15 is 0 Å². The molecular formula is C16H29N3O3. The van der Waals surface area contributed by atoms with E-state index < -0.39 is 6.10 Å². The van der Waals surface area contributed by atoms with E-state index in [1.54, 1.807) is 6.20 Å². The largest absolute Gasteiger partial charge is 0.463 e. The zero-order valence-corrected chi connectivity index (χ0v) is 14.5. The number of rotatable bonds is 6. The number of carbonyl (C=O) groups excluding carboxylic acids is 1. The first-order valence-corrected chi connectivity index (χ1v) is 7.68. The number of esters is 1. The number of hydrogen-bond acceptors (Lipinski definition) is 5. The molecule has 1 N–H and O–H groups in total. The first-order chi connectivity index (χ1) is 9.99. The van der Waals surface area contributed by atoms with E-state index in [1.165, 1.54) is 10.9 Å². The molecule has 1 aromatic rings. The maximum absolute atomic E-state index is 12.4. The lowest BCUT2D eigenvalue weighted by atomic mass is 9.72. The van der Waals surface area contributed by atoms with Crippen molar-refractivity contribution in [2.45, 2.75) is 60.6 Å². The molecule has 22 heavy (non-hydrogen) atoms. The Hall–Kier alpha value is -1.43. The molecule has 0 saturated carbocycles. The van der Waals surface area contributed by atoms with Crippen LogP contribution in [0.1, 0.15) is 48.0 Å². The average molecular weight is 311 g/mol. The standard InChI is InChI=1S/C16H29N3O3/c1-15(2,3)9-13(16(4,5)6)14(21)22-11-12(20)10-19-8-7-17-18-19/h7-8,12-13,20H,9-11H2,1-6H3. The minimum atomic E-state index is -0.791. The van der Waals surface area contributed by atoms with Gasteiger partial charge in [0.2, 0.25) is 0 Å². The Kier molecular flexibility index (Phi) is 6.11. The van der Waals surface area contributed by atoms with Crippen molar-refractivity contribution in [1.29, 1.82) is 0 Å². The molecule has 6 heteroatoms. The smallest absolute Gasteiger partial charge is 0.309 e. The van der Waals surface area contributed by atoms with Gasteiger partial charge in [0, 0.05) is 6.20 Å². The molecule has 0 aliphatic rings. The summed E-state index contributed by atoms with van der Waals surface area (Å²) in [4.78, 5) is 12.4. The Balaban J connectivity index is 2.56. The Morgan fingerprint density at radius 3 is 2.36 bits per heavy atom. The molecule has 0 saturated heterocycles. The number of aromatic nitrogens is 3. The number of carbonyl (C=O) groups is 1. The molecule has 2 atom stereocenters. The molecule has 2 unspecified atom stereocenters. The summed E-state index contributed by atoms with van der Waals surface area (Å²) in [5.41, 5.74) is -0.141. The third-order valence-electron chi connectivity index (χ3n) is 3.43. The van der Waals surface area contributed by atoms with Gasteiger partial charge >= 0.3 is 5.97 Å². The molecule has 0 spiro atoms. The predicted octanol–water partition coefficient (Wildman–Crippen LogP) is 2.28. The highest BCUT2D eigenvalue weighted by molar-refractivity contribution is 5.73. The molecule has 126 valence electrons. The van der Waals surface area contributed by atoms with Crippen molar-refractivity contribution >= 4 is 5.97 Å². The van der Waals surface area contributed by atoms with Crippen LogP contribution in [0, 0.1) is 16.7 Å². The summed E-state index contributed by atoms with van der Waals surface area (Å²) in [6, 6.07) is 0. The fourth-order valence-electron chi connectivity index (χ4n) is 2.23. The Morgan fingerprint density at radius 1 is 1.27 bits per heavy atom. The van der Waals surface area contributed by atoms with E-state index in [2.05, 4.69) is 31.1 Å². The summed E-state index contributed by atoms with van der Waals surface area (Å²) in [6.45, 7) is 12.7. The van der Waals surface area contributed by atoms with Crippen molar-refractivity contribution < 1.29 is 14.6 Å². The van der Waals surface area contributed by atoms with Crippen LogP contribution in [0.15, 0.2) is 12.4 Å². The maximum atomic E-state index is 12.4. The number of nitrogens with zero attached hydrogens (tertiary/aromatic N) is 3. The first-order valence-electron chi connectivity index (χ1n) is 7.68. The number of aliphatic hydroxyl groups excluding tert-OH is 1. The highest BCUT2D eigenvalue weighted by Crippen LogP contribution is 2.36. The highest BCUT2D eigenvalue weighted by atomic mass is 16.5. The first kappa shape index (κ1) is 18.6. The second-order valence-corrected chi connectivity index (χ2v) is 8.09. The number of ether oxygens (including phenoxy) is 1. The van der Waals surface area contributed by atoms with Gasteiger partial charge in [-0.05, 0) is 17.3 Å². The second kappa shape index (κ2) is 7.22. The Bertz CT molecular complexity index is 458. The maximum Gasteiger partial charge on any atom is 0.309 e. The predicted molar refractivity (Wildman–Crippen MR) is 84.0 cm³/mol. The van der Waals surface area contributed by atoms with Crippen molar-refractivity contribution in [3.05, 3.63) is 12.4 Å². The van der Waals surface area contributed by atoms with E-state index in [9.17, 15) is 9.90 Å². The summed E-state index contributed by atoms with van der Waals surface area (Å²) in [5, 5.41) is 17.4. The fourth-order valence-corrected chi connectivity index (χ4v) is 2.23.